The first-order valence-corrected chi connectivity index (χ1v) is 8.56. The second-order valence-corrected chi connectivity index (χ2v) is 5.97. The molecule has 2 aromatic carbocycles. The third-order valence-electron chi connectivity index (χ3n) is 3.90. The van der Waals surface area contributed by atoms with Crippen molar-refractivity contribution in [3.63, 3.8) is 0 Å². The van der Waals surface area contributed by atoms with Crippen molar-refractivity contribution < 1.29 is 9.59 Å². The molecule has 25 heavy (non-hydrogen) atoms. The molecular formula is C20H25N3O2. The number of nitrogens with one attached hydrogen (secondary N) is 2. The minimum Gasteiger partial charge on any atom is -0.399 e. The van der Waals surface area contributed by atoms with E-state index in [1.165, 1.54) is 0 Å². The molecule has 0 aliphatic rings. The van der Waals surface area contributed by atoms with Crippen LogP contribution >= 0.6 is 0 Å². The highest BCUT2D eigenvalue weighted by Gasteiger charge is 2.22. The first kappa shape index (κ1) is 18.5. The zero-order valence-corrected chi connectivity index (χ0v) is 14.5. The molecule has 1 atom stereocenters. The number of hydrogen-bond acceptors (Lipinski definition) is 3. The van der Waals surface area contributed by atoms with Crippen LogP contribution in [0.25, 0.3) is 0 Å². The van der Waals surface area contributed by atoms with Gasteiger partial charge in [-0.25, -0.2) is 0 Å². The average Bonchev–Trinajstić information content (AvgIpc) is 2.64. The molecule has 4 N–H and O–H groups in total. The molecule has 0 aliphatic carbocycles. The van der Waals surface area contributed by atoms with Crippen molar-refractivity contribution >= 4 is 17.5 Å². The standard InChI is InChI=1S/C20H25N3O2/c1-2-3-9-18(24)23-19(16-7-5-4-6-8-16)20(25)22-14-15-10-12-17(21)13-11-15/h4-8,10-13,19H,2-3,9,14,21H2,1H3,(H,22,25)(H,23,24). The highest BCUT2D eigenvalue weighted by Crippen LogP contribution is 2.14. The lowest BCUT2D eigenvalue weighted by molar-refractivity contribution is -0.129. The van der Waals surface area contributed by atoms with E-state index < -0.39 is 6.04 Å². The van der Waals surface area contributed by atoms with E-state index >= 15 is 0 Å². The molecule has 0 aliphatic heterocycles. The molecule has 0 radical (unpaired) electrons. The number of benzene rings is 2. The van der Waals surface area contributed by atoms with Crippen LogP contribution in [0, 0.1) is 0 Å². The van der Waals surface area contributed by atoms with Gasteiger partial charge in [0.25, 0.3) is 0 Å². The molecule has 132 valence electrons. The molecular weight excluding hydrogens is 314 g/mol. The number of rotatable bonds is 8. The average molecular weight is 339 g/mol. The lowest BCUT2D eigenvalue weighted by Gasteiger charge is -2.19. The highest BCUT2D eigenvalue weighted by molar-refractivity contribution is 5.88. The zero-order chi connectivity index (χ0) is 18.1. The van der Waals surface area contributed by atoms with Crippen molar-refractivity contribution in [1.29, 1.82) is 0 Å². The van der Waals surface area contributed by atoms with E-state index in [2.05, 4.69) is 10.6 Å². The maximum absolute atomic E-state index is 12.6. The summed E-state index contributed by atoms with van der Waals surface area (Å²) >= 11 is 0. The summed E-state index contributed by atoms with van der Waals surface area (Å²) in [5.74, 6) is -0.341. The molecule has 0 aromatic heterocycles. The Hall–Kier alpha value is -2.82. The third kappa shape index (κ3) is 5.95. The normalized spacial score (nSPS) is 11.6. The Balaban J connectivity index is 2.04. The van der Waals surface area contributed by atoms with Gasteiger partial charge in [-0.05, 0) is 29.7 Å². The highest BCUT2D eigenvalue weighted by atomic mass is 16.2. The van der Waals surface area contributed by atoms with E-state index in [-0.39, 0.29) is 11.8 Å². The van der Waals surface area contributed by atoms with E-state index in [9.17, 15) is 9.59 Å². The number of hydrogen-bond donors (Lipinski definition) is 3. The Morgan fingerprint density at radius 3 is 2.36 bits per heavy atom. The maximum atomic E-state index is 12.6. The fourth-order valence-corrected chi connectivity index (χ4v) is 2.44. The fraction of sp³-hybridized carbons (Fsp3) is 0.300. The molecule has 0 fully saturated rings. The van der Waals surface area contributed by atoms with Gasteiger partial charge in [-0.3, -0.25) is 9.59 Å². The van der Waals surface area contributed by atoms with Crippen LogP contribution in [0.5, 0.6) is 0 Å². The van der Waals surface area contributed by atoms with Crippen molar-refractivity contribution in [2.45, 2.75) is 38.8 Å². The Labute approximate surface area is 148 Å². The molecule has 5 nitrogen and oxygen atoms in total. The summed E-state index contributed by atoms with van der Waals surface area (Å²) in [6.07, 6.45) is 2.16. The molecule has 0 bridgehead atoms. The van der Waals surface area contributed by atoms with Crippen LogP contribution < -0.4 is 16.4 Å². The number of unbranched alkanes of at least 4 members (excludes halogenated alkanes) is 1. The predicted molar refractivity (Wildman–Crippen MR) is 99.6 cm³/mol. The van der Waals surface area contributed by atoms with Crippen molar-refractivity contribution in [2.75, 3.05) is 5.73 Å². The monoisotopic (exact) mass is 339 g/mol. The van der Waals surface area contributed by atoms with Gasteiger partial charge in [-0.15, -0.1) is 0 Å². The smallest absolute Gasteiger partial charge is 0.247 e. The number of amides is 2. The van der Waals surface area contributed by atoms with Gasteiger partial charge in [0.1, 0.15) is 6.04 Å². The summed E-state index contributed by atoms with van der Waals surface area (Å²) in [6, 6.07) is 15.9. The van der Waals surface area contributed by atoms with E-state index in [4.69, 9.17) is 5.73 Å². The van der Waals surface area contributed by atoms with E-state index in [1.807, 2.05) is 49.4 Å². The number of nitrogens with two attached hydrogens (primary N) is 1. The number of carbonyl (C=O) groups excluding carboxylic acids is 2. The number of anilines is 1. The molecule has 0 saturated carbocycles. The third-order valence-corrected chi connectivity index (χ3v) is 3.90. The zero-order valence-electron chi connectivity index (χ0n) is 14.5. The maximum Gasteiger partial charge on any atom is 0.247 e. The molecule has 0 spiro atoms. The quantitative estimate of drug-likeness (QED) is 0.647. The van der Waals surface area contributed by atoms with Gasteiger partial charge in [0.15, 0.2) is 0 Å². The van der Waals surface area contributed by atoms with Crippen LogP contribution in [0.1, 0.15) is 43.4 Å². The summed E-state index contributed by atoms with van der Waals surface area (Å²) < 4.78 is 0. The Morgan fingerprint density at radius 1 is 1.04 bits per heavy atom. The van der Waals surface area contributed by atoms with Gasteiger partial charge in [-0.2, -0.15) is 0 Å². The second kappa shape index (κ2) is 9.47. The van der Waals surface area contributed by atoms with Gasteiger partial charge in [0.05, 0.1) is 0 Å². The number of nitrogen functional groups attached to an aromatic ring is 1. The molecule has 0 saturated heterocycles. The first-order chi connectivity index (χ1) is 12.1. The SMILES string of the molecule is CCCCC(=O)NC(C(=O)NCc1ccc(N)cc1)c1ccccc1. The van der Waals surface area contributed by atoms with Gasteiger partial charge >= 0.3 is 0 Å². The summed E-state index contributed by atoms with van der Waals surface area (Å²) in [7, 11) is 0. The topological polar surface area (TPSA) is 84.2 Å². The van der Waals surface area contributed by atoms with Gasteiger partial charge < -0.3 is 16.4 Å². The van der Waals surface area contributed by atoms with Crippen LogP contribution in [0.2, 0.25) is 0 Å². The Kier molecular flexibility index (Phi) is 7.01. The van der Waals surface area contributed by atoms with E-state index in [0.29, 0.717) is 18.7 Å². The van der Waals surface area contributed by atoms with Gasteiger partial charge in [-0.1, -0.05) is 55.8 Å². The summed E-state index contributed by atoms with van der Waals surface area (Å²) in [5.41, 5.74) is 8.06. The van der Waals surface area contributed by atoms with Crippen LogP contribution in [-0.2, 0) is 16.1 Å². The minimum absolute atomic E-state index is 0.113. The summed E-state index contributed by atoms with van der Waals surface area (Å²) in [5, 5.41) is 5.73. The van der Waals surface area contributed by atoms with Crippen LogP contribution in [0.15, 0.2) is 54.6 Å². The molecule has 1 unspecified atom stereocenters. The van der Waals surface area contributed by atoms with Crippen molar-refractivity contribution in [2.24, 2.45) is 0 Å². The van der Waals surface area contributed by atoms with Crippen molar-refractivity contribution in [3.05, 3.63) is 65.7 Å². The predicted octanol–water partition coefficient (Wildman–Crippen LogP) is 2.93. The Morgan fingerprint density at radius 2 is 1.72 bits per heavy atom. The van der Waals surface area contributed by atoms with Crippen molar-refractivity contribution in [1.82, 2.24) is 10.6 Å². The molecule has 2 aromatic rings. The van der Waals surface area contributed by atoms with Gasteiger partial charge in [0.2, 0.25) is 11.8 Å². The summed E-state index contributed by atoms with van der Waals surface area (Å²) in [6.45, 7) is 2.41. The lowest BCUT2D eigenvalue weighted by Crippen LogP contribution is -2.40. The summed E-state index contributed by atoms with van der Waals surface area (Å²) in [4.78, 5) is 24.7. The first-order valence-electron chi connectivity index (χ1n) is 8.56. The van der Waals surface area contributed by atoms with Crippen molar-refractivity contribution in [3.8, 4) is 0 Å². The lowest BCUT2D eigenvalue weighted by atomic mass is 10.1. The fourth-order valence-electron chi connectivity index (χ4n) is 2.44. The van der Waals surface area contributed by atoms with E-state index in [1.54, 1.807) is 12.1 Å². The molecule has 5 heteroatoms. The second-order valence-electron chi connectivity index (χ2n) is 5.97. The van der Waals surface area contributed by atoms with Crippen LogP contribution in [0.4, 0.5) is 5.69 Å². The van der Waals surface area contributed by atoms with Gasteiger partial charge in [0, 0.05) is 18.7 Å². The number of carbonyl (C=O) groups is 2. The van der Waals surface area contributed by atoms with Crippen LogP contribution in [-0.4, -0.2) is 11.8 Å². The van der Waals surface area contributed by atoms with Crippen LogP contribution in [0.3, 0.4) is 0 Å². The Bertz CT molecular complexity index is 684. The largest absolute Gasteiger partial charge is 0.399 e. The van der Waals surface area contributed by atoms with E-state index in [0.717, 1.165) is 24.0 Å². The molecule has 2 rings (SSSR count). The minimum atomic E-state index is -0.695. The molecule has 0 heterocycles. The molecule has 2 amide bonds.